The maximum Gasteiger partial charge on any atom is 0.235 e. The Morgan fingerprint density at radius 1 is 1.04 bits per heavy atom. The number of methoxy groups -OCH3 is 1. The fourth-order valence-corrected chi connectivity index (χ4v) is 3.09. The molecule has 3 nitrogen and oxygen atoms in total. The lowest BCUT2D eigenvalue weighted by Gasteiger charge is -2.21. The number of carbonyl (C=O) groups excluding carboxylic acids is 1. The molecule has 3 heteroatoms. The van der Waals surface area contributed by atoms with Crippen LogP contribution in [0.2, 0.25) is 0 Å². The lowest BCUT2D eigenvalue weighted by molar-refractivity contribution is -0.118. The second kappa shape index (κ2) is 5.97. The normalized spacial score (nSPS) is 15.7. The summed E-state index contributed by atoms with van der Waals surface area (Å²) < 4.78 is 5.45. The van der Waals surface area contributed by atoms with E-state index < -0.39 is 5.41 Å². The van der Waals surface area contributed by atoms with E-state index >= 15 is 0 Å². The van der Waals surface area contributed by atoms with Crippen molar-refractivity contribution in [1.29, 1.82) is 0 Å². The molecule has 1 aliphatic rings. The predicted molar refractivity (Wildman–Crippen MR) is 97.7 cm³/mol. The first kappa shape index (κ1) is 16.6. The molecule has 0 unspecified atom stereocenters. The lowest BCUT2D eigenvalue weighted by atomic mass is 9.87. The van der Waals surface area contributed by atoms with E-state index in [-0.39, 0.29) is 11.3 Å². The number of ether oxygens (including phenoxy) is 1. The van der Waals surface area contributed by atoms with E-state index in [0.717, 1.165) is 29.8 Å². The fourth-order valence-electron chi connectivity index (χ4n) is 3.09. The molecule has 1 amide bonds. The molecule has 2 aromatic rings. The third-order valence-corrected chi connectivity index (χ3v) is 4.82. The van der Waals surface area contributed by atoms with Gasteiger partial charge in [-0.3, -0.25) is 4.79 Å². The Kier molecular flexibility index (Phi) is 4.12. The highest BCUT2D eigenvalue weighted by Gasteiger charge is 2.52. The van der Waals surface area contributed by atoms with Gasteiger partial charge in [-0.25, -0.2) is 0 Å². The number of nitrogens with one attached hydrogen (secondary N) is 1. The number of para-hydroxylation sites is 1. The van der Waals surface area contributed by atoms with E-state index in [1.165, 1.54) is 5.56 Å². The van der Waals surface area contributed by atoms with Gasteiger partial charge in [-0.15, -0.1) is 0 Å². The summed E-state index contributed by atoms with van der Waals surface area (Å²) in [5.41, 5.74) is 2.74. The van der Waals surface area contributed by atoms with E-state index in [0.29, 0.717) is 0 Å². The quantitative estimate of drug-likeness (QED) is 0.888. The summed E-state index contributed by atoms with van der Waals surface area (Å²) in [6, 6.07) is 15.9. The Balaban J connectivity index is 1.80. The van der Waals surface area contributed by atoms with Gasteiger partial charge in [0.05, 0.1) is 12.5 Å². The fraction of sp³-hybridized carbons (Fsp3) is 0.381. The van der Waals surface area contributed by atoms with Crippen LogP contribution in [0.1, 0.15) is 44.7 Å². The van der Waals surface area contributed by atoms with E-state index in [9.17, 15) is 4.79 Å². The SMILES string of the molecule is COc1ccccc1C1(C(=O)Nc2ccc(C(C)(C)C)cc2)CC1. The molecule has 1 saturated carbocycles. The summed E-state index contributed by atoms with van der Waals surface area (Å²) in [4.78, 5) is 12.9. The molecule has 3 rings (SSSR count). The molecular weight excluding hydrogens is 298 g/mol. The van der Waals surface area contributed by atoms with Gasteiger partial charge in [0, 0.05) is 11.3 Å². The van der Waals surface area contributed by atoms with Crippen LogP contribution in [0.4, 0.5) is 5.69 Å². The first-order valence-corrected chi connectivity index (χ1v) is 8.42. The van der Waals surface area contributed by atoms with Crippen molar-refractivity contribution < 1.29 is 9.53 Å². The number of rotatable bonds is 4. The number of carbonyl (C=O) groups is 1. The summed E-state index contributed by atoms with van der Waals surface area (Å²) in [5, 5.41) is 3.08. The molecular formula is C21H25NO2. The largest absolute Gasteiger partial charge is 0.496 e. The number of hydrogen-bond acceptors (Lipinski definition) is 2. The van der Waals surface area contributed by atoms with Crippen LogP contribution in [-0.2, 0) is 15.6 Å². The van der Waals surface area contributed by atoms with Crippen LogP contribution >= 0.6 is 0 Å². The number of anilines is 1. The van der Waals surface area contributed by atoms with Crippen molar-refractivity contribution in [2.24, 2.45) is 0 Å². The van der Waals surface area contributed by atoms with Crippen LogP contribution in [0.25, 0.3) is 0 Å². The average molecular weight is 323 g/mol. The minimum absolute atomic E-state index is 0.0514. The van der Waals surface area contributed by atoms with Gasteiger partial charge >= 0.3 is 0 Å². The Bertz CT molecular complexity index is 737. The third-order valence-electron chi connectivity index (χ3n) is 4.82. The number of hydrogen-bond donors (Lipinski definition) is 1. The van der Waals surface area contributed by atoms with Gasteiger partial charge < -0.3 is 10.1 Å². The highest BCUT2D eigenvalue weighted by molar-refractivity contribution is 6.01. The molecule has 0 heterocycles. The molecule has 0 radical (unpaired) electrons. The summed E-state index contributed by atoms with van der Waals surface area (Å²) in [6.07, 6.45) is 1.72. The molecule has 24 heavy (non-hydrogen) atoms. The summed E-state index contributed by atoms with van der Waals surface area (Å²) in [5.74, 6) is 0.837. The zero-order chi connectivity index (χ0) is 17.4. The van der Waals surface area contributed by atoms with Crippen molar-refractivity contribution in [1.82, 2.24) is 0 Å². The molecule has 0 aliphatic heterocycles. The van der Waals surface area contributed by atoms with Crippen molar-refractivity contribution in [3.63, 3.8) is 0 Å². The van der Waals surface area contributed by atoms with Crippen LogP contribution in [0.3, 0.4) is 0 Å². The third kappa shape index (κ3) is 3.03. The summed E-state index contributed by atoms with van der Waals surface area (Å²) >= 11 is 0. The lowest BCUT2D eigenvalue weighted by Crippen LogP contribution is -2.28. The van der Waals surface area contributed by atoms with Crippen LogP contribution < -0.4 is 10.1 Å². The Morgan fingerprint density at radius 3 is 2.21 bits per heavy atom. The van der Waals surface area contributed by atoms with Gasteiger partial charge in [-0.2, -0.15) is 0 Å². The predicted octanol–water partition coefficient (Wildman–Crippen LogP) is 4.66. The first-order valence-electron chi connectivity index (χ1n) is 8.42. The van der Waals surface area contributed by atoms with Crippen molar-refractivity contribution >= 4 is 11.6 Å². The maximum atomic E-state index is 12.9. The molecule has 0 saturated heterocycles. The maximum absolute atomic E-state index is 12.9. The minimum Gasteiger partial charge on any atom is -0.496 e. The van der Waals surface area contributed by atoms with Gasteiger partial charge in [0.15, 0.2) is 0 Å². The van der Waals surface area contributed by atoms with Gasteiger partial charge in [0.2, 0.25) is 5.91 Å². The van der Waals surface area contributed by atoms with Crippen molar-refractivity contribution in [2.75, 3.05) is 12.4 Å². The minimum atomic E-state index is -0.449. The van der Waals surface area contributed by atoms with E-state index in [2.05, 4.69) is 38.2 Å². The van der Waals surface area contributed by atoms with Crippen LogP contribution in [0.5, 0.6) is 5.75 Å². The second-order valence-corrected chi connectivity index (χ2v) is 7.56. The Morgan fingerprint density at radius 2 is 1.67 bits per heavy atom. The molecule has 1 N–H and O–H groups in total. The molecule has 0 spiro atoms. The second-order valence-electron chi connectivity index (χ2n) is 7.56. The van der Waals surface area contributed by atoms with Gasteiger partial charge in [0.25, 0.3) is 0 Å². The van der Waals surface area contributed by atoms with Gasteiger partial charge in [-0.1, -0.05) is 51.1 Å². The smallest absolute Gasteiger partial charge is 0.235 e. The highest BCUT2D eigenvalue weighted by atomic mass is 16.5. The Hall–Kier alpha value is -2.29. The average Bonchev–Trinajstić information content (AvgIpc) is 3.36. The van der Waals surface area contributed by atoms with Crippen LogP contribution in [0.15, 0.2) is 48.5 Å². The molecule has 0 aromatic heterocycles. The Labute approximate surface area is 144 Å². The van der Waals surface area contributed by atoms with Crippen LogP contribution in [-0.4, -0.2) is 13.0 Å². The van der Waals surface area contributed by atoms with Crippen molar-refractivity contribution in [3.05, 3.63) is 59.7 Å². The van der Waals surface area contributed by atoms with Gasteiger partial charge in [0.1, 0.15) is 5.75 Å². The summed E-state index contributed by atoms with van der Waals surface area (Å²) in [7, 11) is 1.65. The molecule has 0 bridgehead atoms. The molecule has 1 aliphatic carbocycles. The first-order chi connectivity index (χ1) is 11.4. The van der Waals surface area contributed by atoms with Crippen LogP contribution in [0, 0.1) is 0 Å². The highest BCUT2D eigenvalue weighted by Crippen LogP contribution is 2.51. The van der Waals surface area contributed by atoms with Crippen molar-refractivity contribution in [3.8, 4) is 5.75 Å². The molecule has 1 fully saturated rings. The van der Waals surface area contributed by atoms with E-state index in [1.807, 2.05) is 36.4 Å². The van der Waals surface area contributed by atoms with Crippen molar-refractivity contribution in [2.45, 2.75) is 44.4 Å². The number of benzene rings is 2. The molecule has 0 atom stereocenters. The number of amides is 1. The zero-order valence-corrected chi connectivity index (χ0v) is 14.8. The summed E-state index contributed by atoms with van der Waals surface area (Å²) in [6.45, 7) is 6.55. The van der Waals surface area contributed by atoms with E-state index in [1.54, 1.807) is 7.11 Å². The van der Waals surface area contributed by atoms with E-state index in [4.69, 9.17) is 4.74 Å². The molecule has 2 aromatic carbocycles. The monoisotopic (exact) mass is 323 g/mol. The topological polar surface area (TPSA) is 38.3 Å². The van der Waals surface area contributed by atoms with Gasteiger partial charge in [-0.05, 0) is 42.0 Å². The zero-order valence-electron chi connectivity index (χ0n) is 14.8. The standard InChI is InChI=1S/C21H25NO2/c1-20(2,3)15-9-11-16(12-10-15)22-19(23)21(13-14-21)17-7-5-6-8-18(17)24-4/h5-12H,13-14H2,1-4H3,(H,22,23). The molecule has 126 valence electrons.